The third kappa shape index (κ3) is 4.56. The number of hydrogen-bond acceptors (Lipinski definition) is 4. The second-order valence-electron chi connectivity index (χ2n) is 10.4. The van der Waals surface area contributed by atoms with Crippen molar-refractivity contribution >= 4 is 28.3 Å². The number of aromatic nitrogens is 1. The highest BCUT2D eigenvalue weighted by atomic mass is 35.5. The third-order valence-corrected chi connectivity index (χ3v) is 8.32. The smallest absolute Gasteiger partial charge is 0.168 e. The Balaban J connectivity index is 1.12. The van der Waals surface area contributed by atoms with Gasteiger partial charge in [0, 0.05) is 53.3 Å². The summed E-state index contributed by atoms with van der Waals surface area (Å²) < 4.78 is 14.2. The molecule has 0 spiro atoms. The topological polar surface area (TPSA) is 43.7 Å². The summed E-state index contributed by atoms with van der Waals surface area (Å²) >= 11 is 6.02. The lowest BCUT2D eigenvalue weighted by Gasteiger charge is -2.39. The lowest BCUT2D eigenvalue weighted by Crippen LogP contribution is -2.46. The lowest BCUT2D eigenvalue weighted by molar-refractivity contribution is 0.0482. The molecule has 0 N–H and O–H groups in total. The number of carbonyl (C=O) groups excluding carboxylic acids is 1. The molecule has 2 atom stereocenters. The number of nitrogens with zero attached hydrogens (tertiary/aromatic N) is 2. The Kier molecular flexibility index (Phi) is 6.23. The van der Waals surface area contributed by atoms with E-state index in [-0.39, 0.29) is 12.0 Å². The number of methoxy groups -OCH3 is 1. The average molecular weight is 493 g/mol. The van der Waals surface area contributed by atoms with Gasteiger partial charge in [0.25, 0.3) is 0 Å². The van der Waals surface area contributed by atoms with Crippen LogP contribution in [-0.2, 0) is 6.54 Å². The van der Waals surface area contributed by atoms with Crippen molar-refractivity contribution in [2.24, 2.45) is 5.92 Å². The summed E-state index contributed by atoms with van der Waals surface area (Å²) in [5.74, 6) is 2.27. The number of Topliss-reactive ketones (excluding diaryl/α,β-unsaturated/α-hetero) is 1. The van der Waals surface area contributed by atoms with E-state index in [0.29, 0.717) is 17.9 Å². The Morgan fingerprint density at radius 1 is 1.00 bits per heavy atom. The molecule has 3 aromatic rings. The number of piperidine rings is 1. The Bertz CT molecular complexity index is 1200. The zero-order chi connectivity index (χ0) is 23.9. The van der Waals surface area contributed by atoms with Crippen molar-refractivity contribution in [3.8, 4) is 11.5 Å². The van der Waals surface area contributed by atoms with Gasteiger partial charge in [-0.3, -0.25) is 9.69 Å². The fourth-order valence-corrected chi connectivity index (χ4v) is 6.37. The summed E-state index contributed by atoms with van der Waals surface area (Å²) in [4.78, 5) is 15.7. The molecule has 1 aromatic heterocycles. The van der Waals surface area contributed by atoms with E-state index in [2.05, 4.69) is 21.7 Å². The average Bonchev–Trinajstić information content (AvgIpc) is 3.61. The fourth-order valence-electron chi connectivity index (χ4n) is 6.24. The summed E-state index contributed by atoms with van der Waals surface area (Å²) in [7, 11) is 1.71. The first-order valence-corrected chi connectivity index (χ1v) is 13.4. The predicted molar refractivity (Wildman–Crippen MR) is 139 cm³/mol. The number of aryl methyl sites for hydroxylation is 1. The summed E-state index contributed by atoms with van der Waals surface area (Å²) in [5.41, 5.74) is 1.92. The predicted octanol–water partition coefficient (Wildman–Crippen LogP) is 6.36. The van der Waals surface area contributed by atoms with Gasteiger partial charge in [0.15, 0.2) is 5.78 Å². The Morgan fingerprint density at radius 2 is 1.74 bits per heavy atom. The SMILES string of the molecule is COc1cccc2c(C(=O)C3CC3)cn(CCCN3C4CCC3CC(Oc3ccc(Cl)cc3)C4)c12. The normalized spacial score (nSPS) is 24.1. The molecule has 2 aliphatic heterocycles. The van der Waals surface area contributed by atoms with Gasteiger partial charge in [-0.1, -0.05) is 23.7 Å². The highest BCUT2D eigenvalue weighted by Gasteiger charge is 2.41. The maximum atomic E-state index is 12.9. The van der Waals surface area contributed by atoms with Gasteiger partial charge in [-0.05, 0) is 75.3 Å². The van der Waals surface area contributed by atoms with Crippen LogP contribution in [0.25, 0.3) is 10.9 Å². The van der Waals surface area contributed by atoms with E-state index in [1.807, 2.05) is 36.4 Å². The number of rotatable bonds is 9. The van der Waals surface area contributed by atoms with Crippen LogP contribution >= 0.6 is 11.6 Å². The molecule has 2 unspecified atom stereocenters. The van der Waals surface area contributed by atoms with Crippen molar-refractivity contribution in [2.45, 2.75) is 69.7 Å². The van der Waals surface area contributed by atoms with Crippen LogP contribution in [0.4, 0.5) is 0 Å². The van der Waals surface area contributed by atoms with Gasteiger partial charge >= 0.3 is 0 Å². The second kappa shape index (κ2) is 9.51. The molecule has 3 fully saturated rings. The van der Waals surface area contributed by atoms with Crippen LogP contribution < -0.4 is 9.47 Å². The van der Waals surface area contributed by atoms with Crippen LogP contribution in [0.3, 0.4) is 0 Å². The van der Waals surface area contributed by atoms with Gasteiger partial charge in [0.05, 0.1) is 12.6 Å². The van der Waals surface area contributed by atoms with Gasteiger partial charge in [0.2, 0.25) is 0 Å². The molecule has 2 aromatic carbocycles. The first kappa shape index (κ1) is 22.9. The number of ether oxygens (including phenoxy) is 2. The zero-order valence-corrected chi connectivity index (χ0v) is 21.0. The number of halogens is 1. The van der Waals surface area contributed by atoms with Gasteiger partial charge in [0.1, 0.15) is 17.6 Å². The molecule has 35 heavy (non-hydrogen) atoms. The van der Waals surface area contributed by atoms with E-state index >= 15 is 0 Å². The van der Waals surface area contributed by atoms with Gasteiger partial charge in [-0.25, -0.2) is 0 Å². The molecule has 0 radical (unpaired) electrons. The Morgan fingerprint density at radius 3 is 2.43 bits per heavy atom. The molecule has 6 rings (SSSR count). The van der Waals surface area contributed by atoms with Crippen LogP contribution in [0.1, 0.15) is 55.3 Å². The van der Waals surface area contributed by atoms with E-state index in [1.165, 1.54) is 12.8 Å². The van der Waals surface area contributed by atoms with E-state index in [0.717, 1.165) is 78.2 Å². The van der Waals surface area contributed by atoms with E-state index < -0.39 is 0 Å². The molecule has 5 nitrogen and oxygen atoms in total. The van der Waals surface area contributed by atoms with Crippen molar-refractivity contribution < 1.29 is 14.3 Å². The summed E-state index contributed by atoms with van der Waals surface area (Å²) in [5, 5.41) is 1.77. The van der Waals surface area contributed by atoms with Gasteiger partial charge < -0.3 is 14.0 Å². The minimum absolute atomic E-state index is 0.215. The molecule has 6 heteroatoms. The van der Waals surface area contributed by atoms with Crippen LogP contribution in [0.2, 0.25) is 5.02 Å². The van der Waals surface area contributed by atoms with Crippen LogP contribution in [0.5, 0.6) is 11.5 Å². The third-order valence-electron chi connectivity index (χ3n) is 8.07. The van der Waals surface area contributed by atoms with E-state index in [4.69, 9.17) is 21.1 Å². The summed E-state index contributed by atoms with van der Waals surface area (Å²) in [6.07, 6.45) is 10.1. The van der Waals surface area contributed by atoms with E-state index in [9.17, 15) is 4.79 Å². The number of fused-ring (bicyclic) bond motifs is 3. The van der Waals surface area contributed by atoms with Crippen LogP contribution in [-0.4, -0.2) is 47.1 Å². The molecule has 184 valence electrons. The highest BCUT2D eigenvalue weighted by Crippen LogP contribution is 2.39. The largest absolute Gasteiger partial charge is 0.495 e. The van der Waals surface area contributed by atoms with Crippen molar-refractivity contribution in [1.29, 1.82) is 0 Å². The first-order valence-electron chi connectivity index (χ1n) is 13.0. The van der Waals surface area contributed by atoms with Crippen molar-refractivity contribution in [3.63, 3.8) is 0 Å². The van der Waals surface area contributed by atoms with Gasteiger partial charge in [-0.2, -0.15) is 0 Å². The quantitative estimate of drug-likeness (QED) is 0.326. The molecule has 3 aliphatic rings. The molecule has 2 bridgehead atoms. The number of carbonyl (C=O) groups is 1. The number of hydrogen-bond donors (Lipinski definition) is 0. The monoisotopic (exact) mass is 492 g/mol. The minimum Gasteiger partial charge on any atom is -0.495 e. The second-order valence-corrected chi connectivity index (χ2v) is 10.8. The molecule has 1 saturated carbocycles. The van der Waals surface area contributed by atoms with Crippen LogP contribution in [0, 0.1) is 5.92 Å². The molecular weight excluding hydrogens is 460 g/mol. The molecule has 2 saturated heterocycles. The summed E-state index contributed by atoms with van der Waals surface area (Å²) in [6, 6.07) is 15.0. The molecular formula is C29H33ClN2O3. The zero-order valence-electron chi connectivity index (χ0n) is 20.3. The standard InChI is InChI=1S/C29H33ClN2O3/c1-34-27-5-2-4-25-26(29(33)19-6-7-19)18-31(28(25)27)14-3-15-32-21-10-11-22(32)17-24(16-21)35-23-12-8-20(30)9-13-23/h2,4-5,8-9,12-13,18-19,21-22,24H,3,6-7,10-11,14-17H2,1H3. The Hall–Kier alpha value is -2.50. The lowest BCUT2D eigenvalue weighted by atomic mass is 9.99. The van der Waals surface area contributed by atoms with Crippen molar-refractivity contribution in [2.75, 3.05) is 13.7 Å². The molecule has 3 heterocycles. The number of benzene rings is 2. The minimum atomic E-state index is 0.215. The fraction of sp³-hybridized carbons (Fsp3) is 0.483. The van der Waals surface area contributed by atoms with Gasteiger partial charge in [-0.15, -0.1) is 0 Å². The number of para-hydroxylation sites is 1. The molecule has 1 aliphatic carbocycles. The molecule has 0 amide bonds. The number of ketones is 1. The van der Waals surface area contributed by atoms with Crippen molar-refractivity contribution in [1.82, 2.24) is 9.47 Å². The maximum Gasteiger partial charge on any atom is 0.168 e. The van der Waals surface area contributed by atoms with E-state index in [1.54, 1.807) is 7.11 Å². The maximum absolute atomic E-state index is 12.9. The van der Waals surface area contributed by atoms with Crippen LogP contribution in [0.15, 0.2) is 48.7 Å². The Labute approximate surface area is 211 Å². The highest BCUT2D eigenvalue weighted by molar-refractivity contribution is 6.30. The first-order chi connectivity index (χ1) is 17.1. The summed E-state index contributed by atoms with van der Waals surface area (Å²) in [6.45, 7) is 1.96. The van der Waals surface area contributed by atoms with Crippen molar-refractivity contribution in [3.05, 3.63) is 59.2 Å².